The van der Waals surface area contributed by atoms with E-state index < -0.39 is 83.1 Å². The number of carbonyl (C=O) groups excluding carboxylic acids is 3. The van der Waals surface area contributed by atoms with E-state index in [-0.39, 0.29) is 62.8 Å². The van der Waals surface area contributed by atoms with E-state index in [1.807, 2.05) is 0 Å². The predicted molar refractivity (Wildman–Crippen MR) is 247 cm³/mol. The molecule has 0 radical (unpaired) electrons. The Labute approximate surface area is 386 Å². The summed E-state index contributed by atoms with van der Waals surface area (Å²) < 4.78 is 29.7. The molecule has 2 aromatic carbocycles. The summed E-state index contributed by atoms with van der Waals surface area (Å²) in [5.41, 5.74) is -0.157. The summed E-state index contributed by atoms with van der Waals surface area (Å²) in [4.78, 5) is 55.6. The average molecular weight is 920 g/mol. The smallest absolute Gasteiger partial charge is 0.409 e. The van der Waals surface area contributed by atoms with Gasteiger partial charge < -0.3 is 59.2 Å². The summed E-state index contributed by atoms with van der Waals surface area (Å²) in [6.07, 6.45) is 4.16. The summed E-state index contributed by atoms with van der Waals surface area (Å²) >= 11 is 0. The number of anilines is 1. The molecule has 2 amide bonds. The number of phenols is 2. The van der Waals surface area contributed by atoms with Crippen molar-refractivity contribution in [2.75, 3.05) is 59.4 Å². The number of likely N-dealkylation sites (tertiary alicyclic amines) is 1. The molecular weight excluding hydrogens is 851 g/mol. The molecular formula is C49H69N5O12. The van der Waals surface area contributed by atoms with E-state index in [1.54, 1.807) is 66.8 Å². The average Bonchev–Trinajstić information content (AvgIpc) is 3.78. The number of piperidine rings is 1. The standard InChI is InChI=1S/C49H69N5O12/c1-25(2)24-54-19-17-49(18-20-54)51-36-33-34-41(57)31(8)44-35(33)45(59)48(9,66-44)64-22-16-32(63-12)28(5)43(65-47(61)53(10)21-23-62-11)30(7)40(56)29(6)39(55)26(3)14-13-15-27(4)46(60)50-38(42(34)58)37(36)52-49/h13-16,22,25-26,28-30,32,39-40,43,51,55-58H,17-21,23-24H2,1-12H3/b14-13+,22-16+,27-15-,50-38?/t26-,28+,29+,30+,32-,39-,40+,43+,48-/m0/s1. The number of ether oxygens (including phenoxy) is 5. The number of hydrogen-bond acceptors (Lipinski definition) is 15. The van der Waals surface area contributed by atoms with Crippen molar-refractivity contribution in [2.45, 2.75) is 111 Å². The molecule has 66 heavy (non-hydrogen) atoms. The zero-order chi connectivity index (χ0) is 48.6. The number of ketones is 1. The van der Waals surface area contributed by atoms with Crippen molar-refractivity contribution >= 4 is 34.2 Å². The van der Waals surface area contributed by atoms with E-state index >= 15 is 0 Å². The molecule has 1 fully saturated rings. The summed E-state index contributed by atoms with van der Waals surface area (Å²) in [6, 6.07) is 0. The van der Waals surface area contributed by atoms with E-state index in [0.29, 0.717) is 37.5 Å². The van der Waals surface area contributed by atoms with Gasteiger partial charge in [-0.05, 0) is 25.8 Å². The van der Waals surface area contributed by atoms with Gasteiger partial charge in [0.25, 0.3) is 11.7 Å². The lowest BCUT2D eigenvalue weighted by Gasteiger charge is -2.38. The van der Waals surface area contributed by atoms with Crippen LogP contribution < -0.4 is 20.8 Å². The number of aliphatic hydroxyl groups is 2. The number of methoxy groups -OCH3 is 2. The largest absolute Gasteiger partial charge is 0.507 e. The Morgan fingerprint density at radius 3 is 2.30 bits per heavy atom. The highest BCUT2D eigenvalue weighted by atomic mass is 16.7. The quantitative estimate of drug-likeness (QED) is 0.233. The molecule has 17 heteroatoms. The highest BCUT2D eigenvalue weighted by Crippen LogP contribution is 2.51. The number of aliphatic hydroxyl groups excluding tert-OH is 2. The van der Waals surface area contributed by atoms with Gasteiger partial charge in [-0.3, -0.25) is 14.6 Å². The van der Waals surface area contributed by atoms with E-state index in [9.17, 15) is 34.8 Å². The van der Waals surface area contributed by atoms with Crippen LogP contribution in [0.1, 0.15) is 84.2 Å². The topological polar surface area (TPSA) is 222 Å². The number of nitrogens with zero attached hydrogens (tertiary/aromatic N) is 4. The zero-order valence-corrected chi connectivity index (χ0v) is 40.4. The molecule has 1 spiro atoms. The van der Waals surface area contributed by atoms with Crippen LogP contribution in [0.4, 0.5) is 10.5 Å². The van der Waals surface area contributed by atoms with Crippen molar-refractivity contribution in [3.8, 4) is 17.2 Å². The van der Waals surface area contributed by atoms with Gasteiger partial charge in [-0.1, -0.05) is 59.8 Å². The predicted octanol–water partition coefficient (Wildman–Crippen LogP) is 4.90. The molecule has 0 saturated carbocycles. The highest BCUT2D eigenvalue weighted by Gasteiger charge is 2.51. The minimum absolute atomic E-state index is 0.0442. The Bertz CT molecular complexity index is 2410. The maximum Gasteiger partial charge on any atom is 0.409 e. The minimum Gasteiger partial charge on any atom is -0.507 e. The van der Waals surface area contributed by atoms with Crippen LogP contribution in [0.3, 0.4) is 0 Å². The van der Waals surface area contributed by atoms with Crippen LogP contribution >= 0.6 is 0 Å². The first-order valence-electron chi connectivity index (χ1n) is 22.9. The molecule has 5 aliphatic rings. The van der Waals surface area contributed by atoms with E-state index in [4.69, 9.17) is 28.7 Å². The molecule has 5 N–H and O–H groups in total. The Morgan fingerprint density at radius 2 is 1.67 bits per heavy atom. The van der Waals surface area contributed by atoms with E-state index in [0.717, 1.165) is 6.54 Å². The normalized spacial score (nSPS) is 31.0. The lowest BCUT2D eigenvalue weighted by Crippen LogP contribution is -2.48. The molecule has 0 unspecified atom stereocenters. The van der Waals surface area contributed by atoms with Crippen LogP contribution in [-0.2, 0) is 23.7 Å². The number of nitrogens with one attached hydrogen (secondary N) is 1. The molecule has 17 nitrogen and oxygen atoms in total. The number of allylic oxidation sites excluding steroid dienone is 2. The number of amides is 2. The first-order chi connectivity index (χ1) is 31.1. The Hall–Kier alpha value is -5.07. The van der Waals surface area contributed by atoms with Crippen molar-refractivity contribution < 1.29 is 58.5 Å². The summed E-state index contributed by atoms with van der Waals surface area (Å²) in [6.45, 7) is 18.8. The second-order valence-corrected chi connectivity index (χ2v) is 19.2. The van der Waals surface area contributed by atoms with Crippen LogP contribution in [-0.4, -0.2) is 138 Å². The van der Waals surface area contributed by atoms with Gasteiger partial charge in [-0.2, -0.15) is 0 Å². The number of carbonyl (C=O) groups is 3. The molecule has 1 saturated heterocycles. The fourth-order valence-electron chi connectivity index (χ4n) is 9.57. The molecule has 5 bridgehead atoms. The number of benzene rings is 2. The number of aromatic hydroxyl groups is 2. The van der Waals surface area contributed by atoms with Crippen LogP contribution in [0.5, 0.6) is 17.2 Å². The summed E-state index contributed by atoms with van der Waals surface area (Å²) in [5.74, 6) is -6.29. The van der Waals surface area contributed by atoms with Gasteiger partial charge >= 0.3 is 11.9 Å². The number of hydrogen-bond donors (Lipinski definition) is 5. The summed E-state index contributed by atoms with van der Waals surface area (Å²) in [7, 11) is 4.56. The van der Waals surface area contributed by atoms with Gasteiger partial charge in [-0.25, -0.2) is 9.79 Å². The first kappa shape index (κ1) is 50.3. The van der Waals surface area contributed by atoms with Crippen LogP contribution in [0.2, 0.25) is 0 Å². The molecule has 0 aromatic heterocycles. The van der Waals surface area contributed by atoms with Gasteiger partial charge in [0, 0.05) is 107 Å². The highest BCUT2D eigenvalue weighted by molar-refractivity contribution is 6.21. The first-order valence-corrected chi connectivity index (χ1v) is 22.9. The van der Waals surface area contributed by atoms with Crippen molar-refractivity contribution in [2.24, 2.45) is 39.6 Å². The van der Waals surface area contributed by atoms with Gasteiger partial charge in [0.05, 0.1) is 47.8 Å². The van der Waals surface area contributed by atoms with E-state index in [1.165, 1.54) is 38.4 Å². The van der Waals surface area contributed by atoms with Crippen molar-refractivity contribution in [1.29, 1.82) is 0 Å². The molecule has 5 aliphatic heterocycles. The van der Waals surface area contributed by atoms with Crippen molar-refractivity contribution in [3.05, 3.63) is 58.0 Å². The minimum atomic E-state index is -1.98. The zero-order valence-electron chi connectivity index (χ0n) is 40.4. The van der Waals surface area contributed by atoms with Crippen LogP contribution in [0.25, 0.3) is 10.8 Å². The Kier molecular flexibility index (Phi) is 15.3. The molecule has 5 heterocycles. The molecule has 2 aromatic rings. The van der Waals surface area contributed by atoms with Gasteiger partial charge in [0.2, 0.25) is 0 Å². The third-order valence-corrected chi connectivity index (χ3v) is 13.8. The number of phenolic OH excluding ortho intramolecular Hbond substituents is 2. The van der Waals surface area contributed by atoms with Crippen molar-refractivity contribution in [1.82, 2.24) is 9.80 Å². The fourth-order valence-corrected chi connectivity index (χ4v) is 9.57. The van der Waals surface area contributed by atoms with Gasteiger partial charge in [-0.15, -0.1) is 0 Å². The number of Topliss-reactive ketones (excluding diaryl/α,β-unsaturated/α-hetero) is 1. The van der Waals surface area contributed by atoms with Gasteiger partial charge in [0.15, 0.2) is 5.75 Å². The third-order valence-electron chi connectivity index (χ3n) is 13.8. The molecule has 7 rings (SSSR count). The fraction of sp³-hybridized carbons (Fsp3) is 0.612. The van der Waals surface area contributed by atoms with Crippen molar-refractivity contribution in [3.63, 3.8) is 0 Å². The Morgan fingerprint density at radius 1 is 0.985 bits per heavy atom. The van der Waals surface area contributed by atoms with E-state index in [2.05, 4.69) is 29.1 Å². The van der Waals surface area contributed by atoms with Crippen LogP contribution in [0.15, 0.2) is 46.1 Å². The second-order valence-electron chi connectivity index (χ2n) is 19.2. The number of rotatable bonds is 7. The molecule has 0 aliphatic carbocycles. The maximum atomic E-state index is 14.8. The second kappa shape index (κ2) is 20.0. The number of likely N-dealkylation sites (N-methyl/N-ethyl adjacent to an activating group) is 1. The number of fused-ring (bicyclic) bond motifs is 13. The monoisotopic (exact) mass is 919 g/mol. The maximum absolute atomic E-state index is 14.8. The SMILES string of the molecule is COCCN(C)C(=O)O[C@H]1[C@H](C)[C@H](O)[C@H](C)[C@@H](O)[C@@H](C)/C=C/C=C(/C)C(=O)N=c2c(O)c3c(O)c(C)c4c(c3c3c2=NC2(CCN(CC(C)C)CC2)N3)C(=O)[C@@](C)(O/C=C/[C@H](OC)[C@H]1C)O4. The lowest BCUT2D eigenvalue weighted by molar-refractivity contribution is -0.114. The third kappa shape index (κ3) is 9.68. The van der Waals surface area contributed by atoms with Gasteiger partial charge in [0.1, 0.15) is 34.0 Å². The molecule has 362 valence electrons. The molecule has 9 atom stereocenters. The summed E-state index contributed by atoms with van der Waals surface area (Å²) in [5, 5.41) is 51.1. The van der Waals surface area contributed by atoms with Crippen LogP contribution in [0, 0.1) is 36.5 Å². The Balaban J connectivity index is 1.52. The lowest BCUT2D eigenvalue weighted by atomic mass is 9.78.